The molecule has 0 saturated heterocycles. The number of guanidine groups is 1. The van der Waals surface area contributed by atoms with E-state index in [0.29, 0.717) is 18.1 Å². The quantitative estimate of drug-likeness (QED) is 0.318. The number of alkyl halides is 3. The Labute approximate surface area is 165 Å². The van der Waals surface area contributed by atoms with Crippen LogP contribution < -0.4 is 10.6 Å². The zero-order chi connectivity index (χ0) is 20.8. The first-order valence-electron chi connectivity index (χ1n) is 9.18. The van der Waals surface area contributed by atoms with E-state index in [9.17, 15) is 13.2 Å². The monoisotopic (exact) mass is 404 g/mol. The van der Waals surface area contributed by atoms with E-state index in [1.165, 1.54) is 0 Å². The van der Waals surface area contributed by atoms with E-state index < -0.39 is 12.8 Å². The van der Waals surface area contributed by atoms with Crippen LogP contribution in [-0.4, -0.2) is 71.1 Å². The van der Waals surface area contributed by atoms with Crippen molar-refractivity contribution in [1.29, 1.82) is 0 Å². The van der Waals surface area contributed by atoms with Crippen LogP contribution in [0.1, 0.15) is 17.5 Å². The van der Waals surface area contributed by atoms with Crippen molar-refractivity contribution in [2.24, 2.45) is 4.99 Å². The van der Waals surface area contributed by atoms with Crippen LogP contribution in [0, 0.1) is 0 Å². The Hall–Kier alpha value is -1.84. The first kappa shape index (κ1) is 24.2. The van der Waals surface area contributed by atoms with Gasteiger partial charge in [0, 0.05) is 46.9 Å². The number of methoxy groups -OCH3 is 1. The molecule has 0 amide bonds. The summed E-state index contributed by atoms with van der Waals surface area (Å²) in [5.74, 6) is 0.670. The number of hydrogen-bond donors (Lipinski definition) is 2. The molecule has 0 heterocycles. The van der Waals surface area contributed by atoms with Crippen LogP contribution in [0.2, 0.25) is 0 Å². The molecule has 160 valence electrons. The van der Waals surface area contributed by atoms with Crippen molar-refractivity contribution >= 4 is 5.96 Å². The number of nitrogens with one attached hydrogen (secondary N) is 2. The second kappa shape index (κ2) is 13.4. The minimum atomic E-state index is -4.31. The van der Waals surface area contributed by atoms with Crippen molar-refractivity contribution in [3.63, 3.8) is 0 Å². The van der Waals surface area contributed by atoms with E-state index >= 15 is 0 Å². The predicted octanol–water partition coefficient (Wildman–Crippen LogP) is 2.40. The Balaban J connectivity index is 2.34. The zero-order valence-electron chi connectivity index (χ0n) is 16.8. The molecule has 1 rings (SSSR count). The summed E-state index contributed by atoms with van der Waals surface area (Å²) >= 11 is 0. The number of halogens is 3. The SMILES string of the molecule is CN=C(NCCN(C)CCCOC)NCc1cccc(COCC(F)(F)F)c1. The van der Waals surface area contributed by atoms with E-state index in [1.807, 2.05) is 12.1 Å². The van der Waals surface area contributed by atoms with Crippen molar-refractivity contribution in [3.05, 3.63) is 35.4 Å². The first-order chi connectivity index (χ1) is 13.3. The Morgan fingerprint density at radius 3 is 2.61 bits per heavy atom. The lowest BCUT2D eigenvalue weighted by molar-refractivity contribution is -0.176. The molecule has 6 nitrogen and oxygen atoms in total. The molecule has 0 saturated carbocycles. The molecule has 28 heavy (non-hydrogen) atoms. The summed E-state index contributed by atoms with van der Waals surface area (Å²) in [5, 5.41) is 6.44. The van der Waals surface area contributed by atoms with Gasteiger partial charge in [0.25, 0.3) is 0 Å². The van der Waals surface area contributed by atoms with Gasteiger partial charge in [0.05, 0.1) is 6.61 Å². The molecule has 0 spiro atoms. The fourth-order valence-corrected chi connectivity index (χ4v) is 2.48. The number of benzene rings is 1. The topological polar surface area (TPSA) is 58.1 Å². The van der Waals surface area contributed by atoms with E-state index in [0.717, 1.165) is 38.2 Å². The van der Waals surface area contributed by atoms with Crippen LogP contribution >= 0.6 is 0 Å². The van der Waals surface area contributed by atoms with Gasteiger partial charge in [-0.15, -0.1) is 0 Å². The summed E-state index contributed by atoms with van der Waals surface area (Å²) in [7, 11) is 5.45. The van der Waals surface area contributed by atoms with Crippen LogP contribution in [0.25, 0.3) is 0 Å². The van der Waals surface area contributed by atoms with Crippen LogP contribution in [0.5, 0.6) is 0 Å². The van der Waals surface area contributed by atoms with E-state index in [1.54, 1.807) is 26.3 Å². The highest BCUT2D eigenvalue weighted by Crippen LogP contribution is 2.16. The van der Waals surface area contributed by atoms with Crippen molar-refractivity contribution in [3.8, 4) is 0 Å². The molecule has 0 aliphatic heterocycles. The third kappa shape index (κ3) is 11.8. The number of rotatable bonds is 12. The zero-order valence-corrected chi connectivity index (χ0v) is 16.8. The Kier molecular flexibility index (Phi) is 11.5. The molecule has 2 N–H and O–H groups in total. The second-order valence-corrected chi connectivity index (χ2v) is 6.43. The highest BCUT2D eigenvalue weighted by Gasteiger charge is 2.27. The standard InChI is InChI=1S/C19H31F3N4O2/c1-23-18(24-8-10-26(2)9-5-11-27-3)25-13-16-6-4-7-17(12-16)14-28-15-19(20,21)22/h4,6-7,12H,5,8-11,13-15H2,1-3H3,(H2,23,24,25). The van der Waals surface area contributed by atoms with Gasteiger partial charge >= 0.3 is 6.18 Å². The van der Waals surface area contributed by atoms with Crippen LogP contribution in [-0.2, 0) is 22.6 Å². The van der Waals surface area contributed by atoms with Crippen LogP contribution in [0.4, 0.5) is 13.2 Å². The molecule has 1 aromatic rings. The molecule has 1 aromatic carbocycles. The summed E-state index contributed by atoms with van der Waals surface area (Å²) in [5.41, 5.74) is 1.64. The van der Waals surface area contributed by atoms with Crippen molar-refractivity contribution < 1.29 is 22.6 Å². The van der Waals surface area contributed by atoms with E-state index in [2.05, 4.69) is 27.6 Å². The number of hydrogen-bond acceptors (Lipinski definition) is 4. The number of likely N-dealkylation sites (N-methyl/N-ethyl adjacent to an activating group) is 1. The van der Waals surface area contributed by atoms with E-state index in [-0.39, 0.29) is 6.61 Å². The molecule has 0 aliphatic rings. The molecular weight excluding hydrogens is 373 g/mol. The summed E-state index contributed by atoms with van der Waals surface area (Å²) in [6, 6.07) is 7.26. The summed E-state index contributed by atoms with van der Waals surface area (Å²) < 4.78 is 46.2. The number of ether oxygens (including phenoxy) is 2. The molecular formula is C19H31F3N4O2. The Morgan fingerprint density at radius 2 is 1.93 bits per heavy atom. The molecule has 0 atom stereocenters. The van der Waals surface area contributed by atoms with E-state index in [4.69, 9.17) is 9.47 Å². The molecule has 0 aliphatic carbocycles. The fraction of sp³-hybridized carbons (Fsp3) is 0.632. The molecule has 0 aromatic heterocycles. The second-order valence-electron chi connectivity index (χ2n) is 6.43. The van der Waals surface area contributed by atoms with Gasteiger partial charge in [-0.25, -0.2) is 0 Å². The van der Waals surface area contributed by atoms with Gasteiger partial charge in [0.15, 0.2) is 5.96 Å². The van der Waals surface area contributed by atoms with Gasteiger partial charge in [-0.3, -0.25) is 4.99 Å². The molecule has 0 unspecified atom stereocenters. The minimum Gasteiger partial charge on any atom is -0.385 e. The van der Waals surface area contributed by atoms with Crippen molar-refractivity contribution in [1.82, 2.24) is 15.5 Å². The normalized spacial score (nSPS) is 12.5. The average molecular weight is 404 g/mol. The summed E-state index contributed by atoms with van der Waals surface area (Å²) in [6.45, 7) is 2.52. The Bertz CT molecular complexity index is 583. The highest BCUT2D eigenvalue weighted by molar-refractivity contribution is 5.79. The van der Waals surface area contributed by atoms with Crippen LogP contribution in [0.3, 0.4) is 0 Å². The smallest absolute Gasteiger partial charge is 0.385 e. The van der Waals surface area contributed by atoms with Crippen molar-refractivity contribution in [2.75, 3.05) is 54.1 Å². The number of aliphatic imine (C=N–C) groups is 1. The summed E-state index contributed by atoms with van der Waals surface area (Å²) in [4.78, 5) is 6.39. The maximum absolute atomic E-state index is 12.2. The molecule has 0 bridgehead atoms. The molecule has 0 radical (unpaired) electrons. The molecule has 0 fully saturated rings. The third-order valence-electron chi connectivity index (χ3n) is 3.88. The fourth-order valence-electron chi connectivity index (χ4n) is 2.48. The van der Waals surface area contributed by atoms with Gasteiger partial charge < -0.3 is 25.0 Å². The number of nitrogens with zero attached hydrogens (tertiary/aromatic N) is 2. The average Bonchev–Trinajstić information content (AvgIpc) is 2.64. The summed E-state index contributed by atoms with van der Waals surface area (Å²) in [6.07, 6.45) is -3.32. The van der Waals surface area contributed by atoms with Gasteiger partial charge in [0.2, 0.25) is 0 Å². The van der Waals surface area contributed by atoms with Gasteiger partial charge in [0.1, 0.15) is 6.61 Å². The van der Waals surface area contributed by atoms with Gasteiger partial charge in [-0.1, -0.05) is 24.3 Å². The minimum absolute atomic E-state index is 0.0737. The maximum atomic E-state index is 12.2. The van der Waals surface area contributed by atoms with Crippen molar-refractivity contribution in [2.45, 2.75) is 25.7 Å². The lowest BCUT2D eigenvalue weighted by Gasteiger charge is -2.18. The largest absolute Gasteiger partial charge is 0.411 e. The van der Waals surface area contributed by atoms with Crippen LogP contribution in [0.15, 0.2) is 29.3 Å². The maximum Gasteiger partial charge on any atom is 0.411 e. The Morgan fingerprint density at radius 1 is 1.18 bits per heavy atom. The predicted molar refractivity (Wildman–Crippen MR) is 104 cm³/mol. The first-order valence-corrected chi connectivity index (χ1v) is 9.18. The molecule has 9 heteroatoms. The lowest BCUT2D eigenvalue weighted by atomic mass is 10.1. The van der Waals surface area contributed by atoms with Gasteiger partial charge in [-0.05, 0) is 24.6 Å². The van der Waals surface area contributed by atoms with Gasteiger partial charge in [-0.2, -0.15) is 13.2 Å². The lowest BCUT2D eigenvalue weighted by Crippen LogP contribution is -2.40. The third-order valence-corrected chi connectivity index (χ3v) is 3.88. The highest BCUT2D eigenvalue weighted by atomic mass is 19.4.